The maximum Gasteiger partial charge on any atom is 0.257 e. The summed E-state index contributed by atoms with van der Waals surface area (Å²) < 4.78 is 35.7. The van der Waals surface area contributed by atoms with Crippen LogP contribution in [0.5, 0.6) is 11.5 Å². The number of rotatable bonds is 6. The number of anilines is 1. The molecule has 0 unspecified atom stereocenters. The Morgan fingerprint density at radius 1 is 1.07 bits per heavy atom. The molecule has 0 aliphatic heterocycles. The van der Waals surface area contributed by atoms with E-state index < -0.39 is 15.1 Å². The smallest absolute Gasteiger partial charge is 0.257 e. The van der Waals surface area contributed by atoms with Crippen LogP contribution in [0.4, 0.5) is 5.13 Å². The van der Waals surface area contributed by atoms with Gasteiger partial charge in [0.2, 0.25) is 0 Å². The monoisotopic (exact) mass is 420 g/mol. The van der Waals surface area contributed by atoms with Gasteiger partial charge in [-0.25, -0.2) is 13.4 Å². The molecule has 0 spiro atoms. The van der Waals surface area contributed by atoms with Crippen LogP contribution in [0.1, 0.15) is 24.2 Å². The highest BCUT2D eigenvalue weighted by Crippen LogP contribution is 2.36. The molecule has 1 N–H and O–H groups in total. The molecule has 9 heteroatoms. The molecule has 0 atom stereocenters. The van der Waals surface area contributed by atoms with Crippen LogP contribution in [-0.2, 0) is 9.84 Å². The van der Waals surface area contributed by atoms with E-state index in [1.165, 1.54) is 35.6 Å². The predicted octanol–water partition coefficient (Wildman–Crippen LogP) is 3.75. The van der Waals surface area contributed by atoms with E-state index >= 15 is 0 Å². The van der Waals surface area contributed by atoms with Crippen molar-refractivity contribution < 1.29 is 22.7 Å². The number of amides is 1. The Morgan fingerprint density at radius 2 is 1.68 bits per heavy atom. The largest absolute Gasteiger partial charge is 0.493 e. The first-order valence-corrected chi connectivity index (χ1v) is 10.8. The van der Waals surface area contributed by atoms with Crippen molar-refractivity contribution in [2.24, 2.45) is 0 Å². The van der Waals surface area contributed by atoms with Gasteiger partial charge in [0.15, 0.2) is 26.5 Å². The summed E-state index contributed by atoms with van der Waals surface area (Å²) in [6.45, 7) is 3.24. The highest BCUT2D eigenvalue weighted by molar-refractivity contribution is 7.92. The molecular formula is C19H20N2O5S2. The van der Waals surface area contributed by atoms with Crippen molar-refractivity contribution >= 4 is 42.4 Å². The van der Waals surface area contributed by atoms with E-state index in [0.717, 1.165) is 4.70 Å². The topological polar surface area (TPSA) is 94.6 Å². The van der Waals surface area contributed by atoms with Crippen LogP contribution in [0.3, 0.4) is 0 Å². The van der Waals surface area contributed by atoms with Crippen molar-refractivity contribution in [1.29, 1.82) is 0 Å². The summed E-state index contributed by atoms with van der Waals surface area (Å²) in [6.07, 6.45) is 0. The van der Waals surface area contributed by atoms with Crippen molar-refractivity contribution in [3.8, 4) is 11.5 Å². The quantitative estimate of drug-likeness (QED) is 0.653. The zero-order valence-corrected chi connectivity index (χ0v) is 17.5. The Hall–Kier alpha value is -2.65. The summed E-state index contributed by atoms with van der Waals surface area (Å²) in [4.78, 5) is 17.1. The molecule has 0 radical (unpaired) electrons. The molecule has 0 aliphatic rings. The van der Waals surface area contributed by atoms with Gasteiger partial charge >= 0.3 is 0 Å². The summed E-state index contributed by atoms with van der Waals surface area (Å²) >= 11 is 1.31. The first kappa shape index (κ1) is 20.1. The zero-order valence-electron chi connectivity index (χ0n) is 15.8. The van der Waals surface area contributed by atoms with E-state index in [1.54, 1.807) is 40.2 Å². The lowest BCUT2D eigenvalue weighted by Crippen LogP contribution is -2.15. The van der Waals surface area contributed by atoms with Crippen molar-refractivity contribution in [2.45, 2.75) is 24.0 Å². The highest BCUT2D eigenvalue weighted by Gasteiger charge is 2.20. The van der Waals surface area contributed by atoms with E-state index in [9.17, 15) is 13.2 Å². The number of nitrogens with zero attached hydrogens (tertiary/aromatic N) is 1. The minimum absolute atomic E-state index is 0.193. The molecule has 0 saturated carbocycles. The summed E-state index contributed by atoms with van der Waals surface area (Å²) in [5, 5.41) is 2.64. The number of carbonyl (C=O) groups is 1. The van der Waals surface area contributed by atoms with E-state index in [4.69, 9.17) is 9.47 Å². The number of aromatic nitrogens is 1. The van der Waals surface area contributed by atoms with E-state index in [-0.39, 0.29) is 10.8 Å². The van der Waals surface area contributed by atoms with Gasteiger partial charge in [0, 0.05) is 17.7 Å². The third-order valence-electron chi connectivity index (χ3n) is 4.18. The van der Waals surface area contributed by atoms with Crippen LogP contribution in [0.25, 0.3) is 10.2 Å². The number of benzene rings is 2. The number of hydrogen-bond donors (Lipinski definition) is 1. The fourth-order valence-corrected chi connectivity index (χ4v) is 4.48. The van der Waals surface area contributed by atoms with Crippen LogP contribution < -0.4 is 14.8 Å². The fraction of sp³-hybridized carbons (Fsp3) is 0.263. The van der Waals surface area contributed by atoms with Crippen LogP contribution in [0, 0.1) is 0 Å². The number of hydrogen-bond acceptors (Lipinski definition) is 7. The average Bonchev–Trinajstić information content (AvgIpc) is 3.07. The number of carbonyl (C=O) groups excluding carboxylic acids is 1. The predicted molar refractivity (Wildman–Crippen MR) is 109 cm³/mol. The van der Waals surface area contributed by atoms with Crippen molar-refractivity contribution in [3.05, 3.63) is 42.0 Å². The first-order chi connectivity index (χ1) is 13.3. The minimum Gasteiger partial charge on any atom is -0.493 e. The van der Waals surface area contributed by atoms with E-state index in [1.807, 2.05) is 0 Å². The molecule has 148 valence electrons. The summed E-state index contributed by atoms with van der Waals surface area (Å²) in [5.74, 6) is 0.769. The lowest BCUT2D eigenvalue weighted by molar-refractivity contribution is 0.102. The Kier molecular flexibility index (Phi) is 5.57. The molecule has 1 heterocycles. The second-order valence-corrected chi connectivity index (χ2v) is 9.80. The molecular weight excluding hydrogens is 400 g/mol. The minimum atomic E-state index is -3.37. The molecule has 0 fully saturated rings. The van der Waals surface area contributed by atoms with Crippen LogP contribution in [0.15, 0.2) is 41.3 Å². The molecule has 3 rings (SSSR count). The molecule has 1 aromatic heterocycles. The zero-order chi connectivity index (χ0) is 20.5. The number of methoxy groups -OCH3 is 2. The van der Waals surface area contributed by atoms with Gasteiger partial charge in [-0.2, -0.15) is 0 Å². The van der Waals surface area contributed by atoms with Crippen molar-refractivity contribution in [1.82, 2.24) is 4.98 Å². The molecule has 1 amide bonds. The van der Waals surface area contributed by atoms with Gasteiger partial charge in [-0.1, -0.05) is 11.3 Å². The highest BCUT2D eigenvalue weighted by atomic mass is 32.2. The summed E-state index contributed by atoms with van der Waals surface area (Å²) in [6, 6.07) is 9.41. The van der Waals surface area contributed by atoms with Gasteiger partial charge in [0.1, 0.15) is 0 Å². The van der Waals surface area contributed by atoms with E-state index in [0.29, 0.717) is 27.7 Å². The summed E-state index contributed by atoms with van der Waals surface area (Å²) in [7, 11) is -0.279. The second-order valence-electron chi connectivity index (χ2n) is 6.27. The van der Waals surface area contributed by atoms with Gasteiger partial charge in [0.05, 0.1) is 34.6 Å². The van der Waals surface area contributed by atoms with Gasteiger partial charge < -0.3 is 9.47 Å². The normalized spacial score (nSPS) is 11.6. The molecule has 7 nitrogen and oxygen atoms in total. The lowest BCUT2D eigenvalue weighted by Gasteiger charge is -2.08. The molecule has 0 bridgehead atoms. The second kappa shape index (κ2) is 7.76. The Balaban J connectivity index is 1.83. The maximum absolute atomic E-state index is 12.5. The van der Waals surface area contributed by atoms with Crippen molar-refractivity contribution in [2.75, 3.05) is 19.5 Å². The summed E-state index contributed by atoms with van der Waals surface area (Å²) in [5.41, 5.74) is 1.02. The average molecular weight is 421 g/mol. The van der Waals surface area contributed by atoms with Gasteiger partial charge in [-0.05, 0) is 38.1 Å². The maximum atomic E-state index is 12.5. The van der Waals surface area contributed by atoms with Crippen LogP contribution in [-0.4, -0.2) is 38.8 Å². The number of sulfone groups is 1. The molecule has 3 aromatic rings. The Bertz CT molecular complexity index is 1080. The molecule has 28 heavy (non-hydrogen) atoms. The van der Waals surface area contributed by atoms with Crippen molar-refractivity contribution in [3.63, 3.8) is 0 Å². The van der Waals surface area contributed by atoms with Crippen LogP contribution in [0.2, 0.25) is 0 Å². The number of fused-ring (bicyclic) bond motifs is 1. The number of nitrogens with one attached hydrogen (secondary N) is 1. The number of thiazole rings is 1. The third kappa shape index (κ3) is 3.81. The van der Waals surface area contributed by atoms with Crippen LogP contribution >= 0.6 is 11.3 Å². The lowest BCUT2D eigenvalue weighted by atomic mass is 10.2. The molecule has 0 aliphatic carbocycles. The first-order valence-electron chi connectivity index (χ1n) is 8.44. The Labute approximate surface area is 167 Å². The fourth-order valence-electron chi connectivity index (χ4n) is 2.55. The van der Waals surface area contributed by atoms with Gasteiger partial charge in [-0.3, -0.25) is 10.1 Å². The van der Waals surface area contributed by atoms with Gasteiger partial charge in [0.25, 0.3) is 5.91 Å². The molecule has 2 aromatic carbocycles. The third-order valence-corrected chi connectivity index (χ3v) is 7.28. The van der Waals surface area contributed by atoms with Gasteiger partial charge in [-0.15, -0.1) is 0 Å². The number of ether oxygens (including phenoxy) is 2. The Morgan fingerprint density at radius 3 is 2.25 bits per heavy atom. The van der Waals surface area contributed by atoms with E-state index in [2.05, 4.69) is 10.3 Å². The standard InChI is InChI=1S/C19H20N2O5S2/c1-11(2)28(23,24)13-7-5-12(6-8-13)18(22)21-19-20-14-9-15(25-3)16(26-4)10-17(14)27-19/h5-11H,1-4H3,(H,20,21,22). The SMILES string of the molecule is COc1cc2nc(NC(=O)c3ccc(S(=O)(=O)C(C)C)cc3)sc2cc1OC. The molecule has 0 saturated heterocycles.